The highest BCUT2D eigenvalue weighted by molar-refractivity contribution is 6.46. The van der Waals surface area contributed by atoms with Gasteiger partial charge in [-0.1, -0.05) is 27.2 Å². The second kappa shape index (κ2) is 10.1. The molecule has 6 heteroatoms. The fourth-order valence-electron chi connectivity index (χ4n) is 12.6. The molecule has 0 aromatic rings. The van der Waals surface area contributed by atoms with Crippen molar-refractivity contribution in [2.75, 3.05) is 0 Å². The third-order valence-electron chi connectivity index (χ3n) is 15.1. The second-order valence-corrected chi connectivity index (χ2v) is 16.9. The van der Waals surface area contributed by atoms with E-state index in [4.69, 9.17) is 0 Å². The Morgan fingerprint density at radius 2 is 1.43 bits per heavy atom. The number of carbonyl (C=O) groups excluding carboxylic acids is 5. The number of ketones is 5. The van der Waals surface area contributed by atoms with Crippen molar-refractivity contribution in [3.05, 3.63) is 23.3 Å². The van der Waals surface area contributed by atoms with Gasteiger partial charge in [-0.2, -0.15) is 0 Å². The van der Waals surface area contributed by atoms with E-state index in [2.05, 4.69) is 20.8 Å². The summed E-state index contributed by atoms with van der Waals surface area (Å²) in [6.07, 6.45) is 15.8. The second-order valence-electron chi connectivity index (χ2n) is 16.9. The average molecular weight is 603 g/mol. The monoisotopic (exact) mass is 602 g/mol. The highest BCUT2D eigenvalue weighted by atomic mass is 16.3. The summed E-state index contributed by atoms with van der Waals surface area (Å²) >= 11 is 0. The summed E-state index contributed by atoms with van der Waals surface area (Å²) in [6, 6.07) is 0. The maximum Gasteiger partial charge on any atom is 0.222 e. The van der Waals surface area contributed by atoms with E-state index in [1.807, 2.05) is 6.92 Å². The summed E-state index contributed by atoms with van der Waals surface area (Å²) in [4.78, 5) is 61.1. The molecule has 2 unspecified atom stereocenters. The maximum atomic E-state index is 12.7. The molecule has 8 aliphatic rings. The van der Waals surface area contributed by atoms with Crippen LogP contribution in [0.3, 0.4) is 0 Å². The molecule has 0 aromatic heterocycles. The lowest BCUT2D eigenvalue weighted by molar-refractivity contribution is -0.140. The summed E-state index contributed by atoms with van der Waals surface area (Å²) in [6.45, 7) is 8.66. The molecular formula is C38H50O6. The molecule has 0 heterocycles. The Morgan fingerprint density at radius 1 is 0.705 bits per heavy atom. The molecule has 238 valence electrons. The number of Topliss-reactive ketones (excluding diaryl/α,β-unsaturated/α-hetero) is 3. The van der Waals surface area contributed by atoms with E-state index in [1.54, 1.807) is 12.2 Å². The minimum Gasteiger partial charge on any atom is -0.393 e. The molecule has 44 heavy (non-hydrogen) atoms. The molecule has 0 spiro atoms. The summed E-state index contributed by atoms with van der Waals surface area (Å²) in [7, 11) is 0. The average Bonchev–Trinajstić information content (AvgIpc) is 3.41. The number of hydrogen-bond acceptors (Lipinski definition) is 6. The summed E-state index contributed by atoms with van der Waals surface area (Å²) < 4.78 is 0. The lowest BCUT2D eigenvalue weighted by Gasteiger charge is -2.59. The van der Waals surface area contributed by atoms with Crippen molar-refractivity contribution < 1.29 is 29.1 Å². The normalized spacial score (nSPS) is 49.3. The van der Waals surface area contributed by atoms with Crippen LogP contribution >= 0.6 is 0 Å². The van der Waals surface area contributed by atoms with Crippen LogP contribution in [0.1, 0.15) is 118 Å². The van der Waals surface area contributed by atoms with E-state index in [9.17, 15) is 29.1 Å². The van der Waals surface area contributed by atoms with E-state index >= 15 is 0 Å². The SMILES string of the molecule is C[C@]12CCC(=O)C=C1C(=O)C[C@@H]1[C@@H]2CC[C@]2(C)C(=O)CC[C@@H]12.C[C@]12CC[C@H]3[C@@H](CCC4C(O)CCC[C@@]43C)C1=CC(=O)C2=O. The molecule has 0 aliphatic heterocycles. The number of hydrogen-bond donors (Lipinski definition) is 1. The zero-order valence-electron chi connectivity index (χ0n) is 27.1. The van der Waals surface area contributed by atoms with Gasteiger partial charge in [-0.15, -0.1) is 0 Å². The van der Waals surface area contributed by atoms with Gasteiger partial charge in [0, 0.05) is 30.3 Å². The number of allylic oxidation sites excluding steroid dienone is 3. The Balaban J connectivity index is 0.000000142. The first-order valence-corrected chi connectivity index (χ1v) is 17.5. The molecule has 0 radical (unpaired) electrons. The third kappa shape index (κ3) is 4.10. The number of rotatable bonds is 0. The van der Waals surface area contributed by atoms with E-state index in [1.165, 1.54) is 6.42 Å². The molecule has 8 rings (SSSR count). The predicted octanol–water partition coefficient (Wildman–Crippen LogP) is 6.32. The molecule has 6 fully saturated rings. The molecule has 6 saturated carbocycles. The van der Waals surface area contributed by atoms with Crippen molar-refractivity contribution in [2.24, 2.45) is 57.2 Å². The minimum atomic E-state index is -0.519. The first-order chi connectivity index (χ1) is 20.7. The zero-order valence-corrected chi connectivity index (χ0v) is 27.1. The summed E-state index contributed by atoms with van der Waals surface area (Å²) in [5.41, 5.74) is 1.24. The standard InChI is InChI=1S/C19H24O3.C19H26O3/c1-18-7-5-11(20)9-15(18)16(21)10-12-13-3-4-17(22)19(13,2)8-6-14(12)18;1-18-8-3-4-15(20)13(18)6-5-11-12(18)7-9-19(2)14(11)10-16(21)17(19)22/h9,12-14H,3-8,10H2,1-2H3;10-13,15,20H,3-9H2,1-2H3/t12-,13-,14-,18+,19-;11-,12+,13?,15?,18-,19+/m01/s1. The summed E-state index contributed by atoms with van der Waals surface area (Å²) in [5.74, 6) is 2.71. The van der Waals surface area contributed by atoms with Crippen molar-refractivity contribution in [3.8, 4) is 0 Å². The Bertz CT molecular complexity index is 1400. The fourth-order valence-corrected chi connectivity index (χ4v) is 12.6. The Morgan fingerprint density at radius 3 is 2.20 bits per heavy atom. The van der Waals surface area contributed by atoms with Crippen molar-refractivity contribution >= 4 is 28.9 Å². The smallest absolute Gasteiger partial charge is 0.222 e. The predicted molar refractivity (Wildman–Crippen MR) is 165 cm³/mol. The van der Waals surface area contributed by atoms with Crippen LogP contribution in [-0.2, 0) is 24.0 Å². The van der Waals surface area contributed by atoms with Crippen LogP contribution in [0.2, 0.25) is 0 Å². The van der Waals surface area contributed by atoms with Gasteiger partial charge in [0.25, 0.3) is 0 Å². The van der Waals surface area contributed by atoms with Crippen LogP contribution in [0.15, 0.2) is 23.3 Å². The molecule has 8 aliphatic carbocycles. The first kappa shape index (κ1) is 30.4. The van der Waals surface area contributed by atoms with Crippen molar-refractivity contribution in [1.82, 2.24) is 0 Å². The molecule has 11 atom stereocenters. The quantitative estimate of drug-likeness (QED) is 0.325. The molecule has 0 bridgehead atoms. The van der Waals surface area contributed by atoms with Crippen LogP contribution < -0.4 is 0 Å². The van der Waals surface area contributed by atoms with Crippen molar-refractivity contribution in [2.45, 2.75) is 124 Å². The van der Waals surface area contributed by atoms with Gasteiger partial charge in [-0.3, -0.25) is 24.0 Å². The van der Waals surface area contributed by atoms with Crippen LogP contribution in [-0.4, -0.2) is 40.1 Å². The topological polar surface area (TPSA) is 106 Å². The fraction of sp³-hybridized carbons (Fsp3) is 0.763. The van der Waals surface area contributed by atoms with Gasteiger partial charge in [0.2, 0.25) is 11.6 Å². The number of aliphatic hydroxyl groups is 1. The van der Waals surface area contributed by atoms with Gasteiger partial charge < -0.3 is 5.11 Å². The van der Waals surface area contributed by atoms with Gasteiger partial charge in [-0.25, -0.2) is 0 Å². The van der Waals surface area contributed by atoms with Gasteiger partial charge in [-0.05, 0) is 135 Å². The number of fused-ring (bicyclic) bond motifs is 10. The number of carbonyl (C=O) groups is 5. The largest absolute Gasteiger partial charge is 0.393 e. The maximum absolute atomic E-state index is 12.7. The zero-order chi connectivity index (χ0) is 31.4. The Labute approximate surface area is 261 Å². The van der Waals surface area contributed by atoms with E-state index in [0.29, 0.717) is 60.6 Å². The van der Waals surface area contributed by atoms with Gasteiger partial charge in [0.1, 0.15) is 5.78 Å². The molecule has 0 saturated heterocycles. The highest BCUT2D eigenvalue weighted by Gasteiger charge is 2.61. The highest BCUT2D eigenvalue weighted by Crippen LogP contribution is 2.65. The van der Waals surface area contributed by atoms with Crippen molar-refractivity contribution in [1.29, 1.82) is 0 Å². The van der Waals surface area contributed by atoms with Crippen LogP contribution in [0.4, 0.5) is 0 Å². The minimum absolute atomic E-state index is 0.107. The van der Waals surface area contributed by atoms with E-state index < -0.39 is 5.41 Å². The Hall–Kier alpha value is -2.21. The van der Waals surface area contributed by atoms with Gasteiger partial charge >= 0.3 is 0 Å². The summed E-state index contributed by atoms with van der Waals surface area (Å²) in [5, 5.41) is 10.5. The van der Waals surface area contributed by atoms with Crippen LogP contribution in [0.25, 0.3) is 0 Å². The van der Waals surface area contributed by atoms with Crippen molar-refractivity contribution in [3.63, 3.8) is 0 Å². The lowest BCUT2D eigenvalue weighted by Crippen LogP contribution is -2.53. The van der Waals surface area contributed by atoms with E-state index in [-0.39, 0.29) is 45.5 Å². The number of aliphatic hydroxyl groups excluding tert-OH is 1. The molecule has 0 aromatic carbocycles. The van der Waals surface area contributed by atoms with Gasteiger partial charge in [0.05, 0.1) is 11.5 Å². The molecule has 1 N–H and O–H groups in total. The Kier molecular flexibility index (Phi) is 7.02. The van der Waals surface area contributed by atoms with Gasteiger partial charge in [0.15, 0.2) is 11.6 Å². The van der Waals surface area contributed by atoms with E-state index in [0.717, 1.165) is 75.4 Å². The molecule has 6 nitrogen and oxygen atoms in total. The molecular weight excluding hydrogens is 552 g/mol. The lowest BCUT2D eigenvalue weighted by atomic mass is 9.46. The van der Waals surface area contributed by atoms with Crippen LogP contribution in [0, 0.1) is 57.2 Å². The molecule has 0 amide bonds. The third-order valence-corrected chi connectivity index (χ3v) is 15.1. The first-order valence-electron chi connectivity index (χ1n) is 17.5. The van der Waals surface area contributed by atoms with Crippen LogP contribution in [0.5, 0.6) is 0 Å².